The third-order valence-electron chi connectivity index (χ3n) is 5.34. The number of carbonyl (C=O) groups is 1. The molecular formula is C27H17Cl2NO4. The first-order valence-corrected chi connectivity index (χ1v) is 11.2. The minimum atomic E-state index is -0.448. The van der Waals surface area contributed by atoms with E-state index in [1.165, 1.54) is 6.07 Å². The van der Waals surface area contributed by atoms with Crippen LogP contribution in [0.2, 0.25) is 10.0 Å². The number of hydrogen-bond acceptors (Lipinski definition) is 4. The van der Waals surface area contributed by atoms with Gasteiger partial charge in [-0.2, -0.15) is 0 Å². The highest BCUT2D eigenvalue weighted by Gasteiger charge is 2.21. The summed E-state index contributed by atoms with van der Waals surface area (Å²) in [5, 5.41) is 5.74. The summed E-state index contributed by atoms with van der Waals surface area (Å²) in [6.45, 7) is -0.405. The summed E-state index contributed by atoms with van der Waals surface area (Å²) in [5.41, 5.74) is 1.01. The second kappa shape index (κ2) is 9.21. The minimum absolute atomic E-state index is 0.115. The topological polar surface area (TPSA) is 68.5 Å². The van der Waals surface area contributed by atoms with Crippen molar-refractivity contribution in [3.63, 3.8) is 0 Å². The van der Waals surface area contributed by atoms with Crippen molar-refractivity contribution >= 4 is 56.5 Å². The molecule has 7 heteroatoms. The van der Waals surface area contributed by atoms with Crippen molar-refractivity contribution in [2.45, 2.75) is 0 Å². The number of amides is 1. The van der Waals surface area contributed by atoms with E-state index < -0.39 is 17.9 Å². The summed E-state index contributed by atoms with van der Waals surface area (Å²) in [6.07, 6.45) is 0. The molecule has 0 aliphatic carbocycles. The SMILES string of the molecule is O=C(COc1c(-c2ccccc2Cl)oc2ccc(Cl)cc2c1=O)Nc1cccc2ccccc12. The van der Waals surface area contributed by atoms with Crippen LogP contribution in [0.1, 0.15) is 0 Å². The predicted molar refractivity (Wildman–Crippen MR) is 136 cm³/mol. The van der Waals surface area contributed by atoms with Gasteiger partial charge in [0.1, 0.15) is 5.58 Å². The van der Waals surface area contributed by atoms with Crippen LogP contribution >= 0.6 is 23.2 Å². The highest BCUT2D eigenvalue weighted by Crippen LogP contribution is 2.35. The van der Waals surface area contributed by atoms with Crippen LogP contribution in [0, 0.1) is 0 Å². The molecular weight excluding hydrogens is 473 g/mol. The smallest absolute Gasteiger partial charge is 0.262 e. The molecule has 0 saturated heterocycles. The molecule has 0 saturated carbocycles. The molecule has 5 nitrogen and oxygen atoms in total. The molecule has 0 aliphatic heterocycles. The van der Waals surface area contributed by atoms with Crippen LogP contribution < -0.4 is 15.5 Å². The average molecular weight is 490 g/mol. The Bertz CT molecular complexity index is 1610. The van der Waals surface area contributed by atoms with E-state index in [2.05, 4.69) is 5.32 Å². The van der Waals surface area contributed by atoms with E-state index in [1.807, 2.05) is 42.5 Å². The number of benzene rings is 4. The van der Waals surface area contributed by atoms with Gasteiger partial charge < -0.3 is 14.5 Å². The van der Waals surface area contributed by atoms with Crippen LogP contribution in [0.5, 0.6) is 5.75 Å². The zero-order chi connectivity index (χ0) is 23.7. The lowest BCUT2D eigenvalue weighted by atomic mass is 10.1. The molecule has 0 unspecified atom stereocenters. The summed E-state index contributed by atoms with van der Waals surface area (Å²) in [5.74, 6) is -0.397. The molecule has 0 fully saturated rings. The quantitative estimate of drug-likeness (QED) is 0.290. The lowest BCUT2D eigenvalue weighted by molar-refractivity contribution is -0.118. The van der Waals surface area contributed by atoms with Crippen LogP contribution in [0.25, 0.3) is 33.1 Å². The molecule has 0 spiro atoms. The summed E-state index contributed by atoms with van der Waals surface area (Å²) >= 11 is 12.5. The number of carbonyl (C=O) groups excluding carboxylic acids is 1. The van der Waals surface area contributed by atoms with Crippen LogP contribution in [-0.2, 0) is 4.79 Å². The third kappa shape index (κ3) is 4.23. The normalized spacial score (nSPS) is 11.0. The van der Waals surface area contributed by atoms with E-state index in [9.17, 15) is 9.59 Å². The van der Waals surface area contributed by atoms with E-state index in [4.69, 9.17) is 32.4 Å². The zero-order valence-electron chi connectivity index (χ0n) is 17.7. The number of anilines is 1. The van der Waals surface area contributed by atoms with E-state index in [0.29, 0.717) is 26.9 Å². The molecule has 1 aromatic heterocycles. The number of halogens is 2. The molecule has 0 bridgehead atoms. The second-order valence-corrected chi connectivity index (χ2v) is 8.42. The van der Waals surface area contributed by atoms with Gasteiger partial charge in [0.2, 0.25) is 11.2 Å². The van der Waals surface area contributed by atoms with Gasteiger partial charge in [-0.25, -0.2) is 0 Å². The number of hydrogen-bond donors (Lipinski definition) is 1. The predicted octanol–water partition coefficient (Wildman–Crippen LogP) is 6.94. The van der Waals surface area contributed by atoms with Gasteiger partial charge in [-0.05, 0) is 41.8 Å². The molecule has 0 radical (unpaired) electrons. The number of rotatable bonds is 5. The van der Waals surface area contributed by atoms with Crippen molar-refractivity contribution in [2.24, 2.45) is 0 Å². The Balaban J connectivity index is 1.50. The van der Waals surface area contributed by atoms with Crippen LogP contribution in [0.3, 0.4) is 0 Å². The Morgan fingerprint density at radius 3 is 2.50 bits per heavy atom. The summed E-state index contributed by atoms with van der Waals surface area (Å²) in [6, 6.07) is 25.0. The Morgan fingerprint density at radius 2 is 1.65 bits per heavy atom. The van der Waals surface area contributed by atoms with Gasteiger partial charge in [0, 0.05) is 21.7 Å². The number of nitrogens with one attached hydrogen (secondary N) is 1. The van der Waals surface area contributed by atoms with Gasteiger partial charge in [0.15, 0.2) is 12.4 Å². The largest absolute Gasteiger partial charge is 0.476 e. The molecule has 5 rings (SSSR count). The lowest BCUT2D eigenvalue weighted by Gasteiger charge is -2.13. The summed E-state index contributed by atoms with van der Waals surface area (Å²) in [4.78, 5) is 26.1. The molecule has 1 amide bonds. The fraction of sp³-hybridized carbons (Fsp3) is 0.0370. The van der Waals surface area contributed by atoms with E-state index in [-0.39, 0.29) is 16.9 Å². The maximum Gasteiger partial charge on any atom is 0.262 e. The van der Waals surface area contributed by atoms with Crippen molar-refractivity contribution in [3.05, 3.63) is 105 Å². The first-order chi connectivity index (χ1) is 16.5. The van der Waals surface area contributed by atoms with E-state index >= 15 is 0 Å². The molecule has 0 atom stereocenters. The van der Waals surface area contributed by atoms with Crippen molar-refractivity contribution in [3.8, 4) is 17.1 Å². The molecule has 5 aromatic rings. The first-order valence-electron chi connectivity index (χ1n) is 10.4. The molecule has 1 N–H and O–H groups in total. The maximum atomic E-state index is 13.3. The highest BCUT2D eigenvalue weighted by atomic mass is 35.5. The van der Waals surface area contributed by atoms with E-state index in [0.717, 1.165) is 10.8 Å². The van der Waals surface area contributed by atoms with E-state index in [1.54, 1.807) is 36.4 Å². The van der Waals surface area contributed by atoms with Gasteiger partial charge in [-0.1, -0.05) is 71.7 Å². The third-order valence-corrected chi connectivity index (χ3v) is 5.91. The van der Waals surface area contributed by atoms with Crippen LogP contribution in [0.4, 0.5) is 5.69 Å². The van der Waals surface area contributed by atoms with Gasteiger partial charge in [0.25, 0.3) is 5.91 Å². The molecule has 1 heterocycles. The number of ether oxygens (including phenoxy) is 1. The monoisotopic (exact) mass is 489 g/mol. The summed E-state index contributed by atoms with van der Waals surface area (Å²) in [7, 11) is 0. The summed E-state index contributed by atoms with van der Waals surface area (Å²) < 4.78 is 11.8. The molecule has 168 valence electrons. The lowest BCUT2D eigenvalue weighted by Crippen LogP contribution is -2.22. The Kier molecular flexibility index (Phi) is 5.97. The molecule has 34 heavy (non-hydrogen) atoms. The first kappa shape index (κ1) is 22.0. The zero-order valence-corrected chi connectivity index (χ0v) is 19.2. The van der Waals surface area contributed by atoms with Crippen molar-refractivity contribution < 1.29 is 13.9 Å². The Hall–Kier alpha value is -3.80. The highest BCUT2D eigenvalue weighted by molar-refractivity contribution is 6.33. The van der Waals surface area contributed by atoms with Crippen molar-refractivity contribution in [1.29, 1.82) is 0 Å². The minimum Gasteiger partial charge on any atom is -0.476 e. The number of fused-ring (bicyclic) bond motifs is 2. The maximum absolute atomic E-state index is 13.3. The Labute approximate surface area is 204 Å². The van der Waals surface area contributed by atoms with Crippen LogP contribution in [-0.4, -0.2) is 12.5 Å². The van der Waals surface area contributed by atoms with Crippen molar-refractivity contribution in [1.82, 2.24) is 0 Å². The standard InChI is InChI=1S/C27H17Cl2NO4/c28-17-12-13-23-20(14-17)25(32)27(26(34-23)19-9-3-4-10-21(19)29)33-15-24(31)30-22-11-5-7-16-6-1-2-8-18(16)22/h1-14H,15H2,(H,30,31). The van der Waals surface area contributed by atoms with Gasteiger partial charge in [0.05, 0.1) is 10.4 Å². The van der Waals surface area contributed by atoms with Gasteiger partial charge in [-0.15, -0.1) is 0 Å². The van der Waals surface area contributed by atoms with Gasteiger partial charge in [-0.3, -0.25) is 9.59 Å². The molecule has 4 aromatic carbocycles. The molecule has 0 aliphatic rings. The van der Waals surface area contributed by atoms with Crippen molar-refractivity contribution in [2.75, 3.05) is 11.9 Å². The fourth-order valence-corrected chi connectivity index (χ4v) is 4.16. The fourth-order valence-electron chi connectivity index (χ4n) is 3.76. The second-order valence-electron chi connectivity index (χ2n) is 7.57. The van der Waals surface area contributed by atoms with Gasteiger partial charge >= 0.3 is 0 Å². The van der Waals surface area contributed by atoms with Crippen LogP contribution in [0.15, 0.2) is 94.1 Å². The average Bonchev–Trinajstić information content (AvgIpc) is 2.84. The Morgan fingerprint density at radius 1 is 0.882 bits per heavy atom.